The average Bonchev–Trinajstić information content (AvgIpc) is 3.12. The minimum atomic E-state index is -0.287. The molecule has 136 valence electrons. The molecule has 1 N–H and O–H groups in total. The molecule has 2 atom stereocenters. The smallest absolute Gasteiger partial charge is 0.251 e. The Bertz CT molecular complexity index is 779. The number of amides is 2. The van der Waals surface area contributed by atoms with Crippen molar-refractivity contribution in [3.8, 4) is 0 Å². The lowest BCUT2D eigenvalue weighted by Crippen LogP contribution is -2.39. The number of nitrogens with one attached hydrogen (secondary N) is 1. The van der Waals surface area contributed by atoms with Gasteiger partial charge in [0, 0.05) is 24.6 Å². The molecule has 1 aliphatic rings. The quantitative estimate of drug-likeness (QED) is 0.890. The molecular formula is C21H23FN2O2. The Kier molecular flexibility index (Phi) is 5.66. The summed E-state index contributed by atoms with van der Waals surface area (Å²) in [6, 6.07) is 15.0. The minimum absolute atomic E-state index is 0.0161. The zero-order valence-corrected chi connectivity index (χ0v) is 14.8. The molecule has 2 aromatic rings. The molecule has 0 aliphatic carbocycles. The van der Waals surface area contributed by atoms with E-state index in [9.17, 15) is 14.0 Å². The second-order valence-corrected chi connectivity index (χ2v) is 6.74. The predicted octanol–water partition coefficient (Wildman–Crippen LogP) is 3.70. The Morgan fingerprint density at radius 1 is 1.19 bits per heavy atom. The molecule has 26 heavy (non-hydrogen) atoms. The van der Waals surface area contributed by atoms with Crippen LogP contribution in [-0.4, -0.2) is 29.3 Å². The number of benzene rings is 2. The van der Waals surface area contributed by atoms with E-state index in [4.69, 9.17) is 0 Å². The fraction of sp³-hybridized carbons (Fsp3) is 0.333. The van der Waals surface area contributed by atoms with E-state index in [1.54, 1.807) is 35.2 Å². The Labute approximate surface area is 153 Å². The molecule has 1 heterocycles. The Morgan fingerprint density at radius 2 is 1.96 bits per heavy atom. The molecule has 0 spiro atoms. The number of nitrogens with zero attached hydrogens (tertiary/aromatic N) is 1. The van der Waals surface area contributed by atoms with Crippen LogP contribution in [0.4, 0.5) is 4.39 Å². The molecule has 0 bridgehead atoms. The monoisotopic (exact) mass is 354 g/mol. The van der Waals surface area contributed by atoms with Gasteiger partial charge in [0.05, 0.1) is 6.04 Å². The second kappa shape index (κ2) is 8.13. The van der Waals surface area contributed by atoms with Gasteiger partial charge in [0.1, 0.15) is 5.82 Å². The summed E-state index contributed by atoms with van der Waals surface area (Å²) in [4.78, 5) is 26.7. The zero-order valence-electron chi connectivity index (χ0n) is 14.8. The van der Waals surface area contributed by atoms with Gasteiger partial charge in [-0.1, -0.05) is 30.3 Å². The van der Waals surface area contributed by atoms with Crippen molar-refractivity contribution in [2.45, 2.75) is 38.3 Å². The third-order valence-electron chi connectivity index (χ3n) is 4.70. The van der Waals surface area contributed by atoms with Gasteiger partial charge in [-0.25, -0.2) is 4.39 Å². The van der Waals surface area contributed by atoms with Gasteiger partial charge in [-0.2, -0.15) is 0 Å². The number of hydrogen-bond donors (Lipinski definition) is 1. The SMILES string of the molecule is CC(CC(=O)N1CCCC1c1cccc(F)c1)NC(=O)c1ccccc1. The van der Waals surface area contributed by atoms with E-state index in [0.717, 1.165) is 18.4 Å². The van der Waals surface area contributed by atoms with E-state index in [0.29, 0.717) is 12.1 Å². The van der Waals surface area contributed by atoms with Crippen molar-refractivity contribution >= 4 is 11.8 Å². The van der Waals surface area contributed by atoms with Crippen molar-refractivity contribution < 1.29 is 14.0 Å². The maximum atomic E-state index is 13.5. The number of carbonyl (C=O) groups is 2. The van der Waals surface area contributed by atoms with Crippen molar-refractivity contribution in [1.29, 1.82) is 0 Å². The van der Waals surface area contributed by atoms with E-state index in [2.05, 4.69) is 5.32 Å². The molecule has 1 fully saturated rings. The second-order valence-electron chi connectivity index (χ2n) is 6.74. The van der Waals surface area contributed by atoms with Crippen LogP contribution in [0.15, 0.2) is 54.6 Å². The largest absolute Gasteiger partial charge is 0.349 e. The van der Waals surface area contributed by atoms with Gasteiger partial charge < -0.3 is 10.2 Å². The van der Waals surface area contributed by atoms with E-state index in [1.807, 2.05) is 19.1 Å². The summed E-state index contributed by atoms with van der Waals surface area (Å²) in [5.74, 6) is -0.489. The molecule has 2 amide bonds. The highest BCUT2D eigenvalue weighted by Crippen LogP contribution is 2.32. The maximum absolute atomic E-state index is 13.5. The third kappa shape index (κ3) is 4.28. The van der Waals surface area contributed by atoms with Crippen LogP contribution in [0.3, 0.4) is 0 Å². The van der Waals surface area contributed by atoms with Gasteiger partial charge in [0.2, 0.25) is 5.91 Å². The summed E-state index contributed by atoms with van der Waals surface area (Å²) in [6.45, 7) is 2.49. The maximum Gasteiger partial charge on any atom is 0.251 e. The highest BCUT2D eigenvalue weighted by atomic mass is 19.1. The molecule has 3 rings (SSSR count). The van der Waals surface area contributed by atoms with Crippen molar-refractivity contribution in [1.82, 2.24) is 10.2 Å². The third-order valence-corrected chi connectivity index (χ3v) is 4.70. The minimum Gasteiger partial charge on any atom is -0.349 e. The molecule has 0 aromatic heterocycles. The molecular weight excluding hydrogens is 331 g/mol. The lowest BCUT2D eigenvalue weighted by molar-refractivity contribution is -0.132. The normalized spacial score (nSPS) is 17.8. The number of rotatable bonds is 5. The number of carbonyl (C=O) groups excluding carboxylic acids is 2. The first-order chi connectivity index (χ1) is 12.5. The lowest BCUT2D eigenvalue weighted by atomic mass is 10.0. The van der Waals surface area contributed by atoms with Gasteiger partial charge in [-0.15, -0.1) is 0 Å². The fourth-order valence-electron chi connectivity index (χ4n) is 3.45. The molecule has 1 aliphatic heterocycles. The van der Waals surface area contributed by atoms with Crippen LogP contribution in [-0.2, 0) is 4.79 Å². The van der Waals surface area contributed by atoms with Crippen molar-refractivity contribution in [3.63, 3.8) is 0 Å². The van der Waals surface area contributed by atoms with Crippen LogP contribution in [0.1, 0.15) is 48.1 Å². The Morgan fingerprint density at radius 3 is 2.69 bits per heavy atom. The predicted molar refractivity (Wildman–Crippen MR) is 98.1 cm³/mol. The molecule has 2 unspecified atom stereocenters. The van der Waals surface area contributed by atoms with Crippen LogP contribution in [0.2, 0.25) is 0 Å². The standard InChI is InChI=1S/C21H23FN2O2/c1-15(23-21(26)16-7-3-2-4-8-16)13-20(25)24-12-6-11-19(24)17-9-5-10-18(22)14-17/h2-5,7-10,14-15,19H,6,11-13H2,1H3,(H,23,26). The Balaban J connectivity index is 1.60. The fourth-order valence-corrected chi connectivity index (χ4v) is 3.45. The first kappa shape index (κ1) is 18.1. The van der Waals surface area contributed by atoms with Crippen LogP contribution in [0.5, 0.6) is 0 Å². The highest BCUT2D eigenvalue weighted by Gasteiger charge is 2.30. The van der Waals surface area contributed by atoms with E-state index in [1.165, 1.54) is 12.1 Å². The van der Waals surface area contributed by atoms with Gasteiger partial charge in [0.25, 0.3) is 5.91 Å². The molecule has 5 heteroatoms. The molecule has 4 nitrogen and oxygen atoms in total. The summed E-state index contributed by atoms with van der Waals surface area (Å²) in [5, 5.41) is 2.87. The summed E-state index contributed by atoms with van der Waals surface area (Å²) < 4.78 is 13.5. The summed E-state index contributed by atoms with van der Waals surface area (Å²) in [7, 11) is 0. The molecule has 2 aromatic carbocycles. The van der Waals surface area contributed by atoms with Crippen LogP contribution in [0.25, 0.3) is 0 Å². The first-order valence-electron chi connectivity index (χ1n) is 8.95. The van der Waals surface area contributed by atoms with Crippen LogP contribution >= 0.6 is 0 Å². The van der Waals surface area contributed by atoms with Crippen molar-refractivity contribution in [3.05, 3.63) is 71.5 Å². The van der Waals surface area contributed by atoms with Crippen molar-refractivity contribution in [2.24, 2.45) is 0 Å². The average molecular weight is 354 g/mol. The molecule has 1 saturated heterocycles. The summed E-state index contributed by atoms with van der Waals surface area (Å²) in [5.41, 5.74) is 1.41. The summed E-state index contributed by atoms with van der Waals surface area (Å²) in [6.07, 6.45) is 1.96. The number of hydrogen-bond acceptors (Lipinski definition) is 2. The number of halogens is 1. The zero-order chi connectivity index (χ0) is 18.5. The Hall–Kier alpha value is -2.69. The van der Waals surface area contributed by atoms with E-state index >= 15 is 0 Å². The lowest BCUT2D eigenvalue weighted by Gasteiger charge is -2.26. The first-order valence-corrected chi connectivity index (χ1v) is 8.95. The van der Waals surface area contributed by atoms with E-state index < -0.39 is 0 Å². The number of likely N-dealkylation sites (tertiary alicyclic amines) is 1. The topological polar surface area (TPSA) is 49.4 Å². The van der Waals surface area contributed by atoms with Gasteiger partial charge in [-0.05, 0) is 49.6 Å². The molecule has 0 saturated carbocycles. The highest BCUT2D eigenvalue weighted by molar-refractivity contribution is 5.94. The van der Waals surface area contributed by atoms with Gasteiger partial charge >= 0.3 is 0 Å². The van der Waals surface area contributed by atoms with E-state index in [-0.39, 0.29) is 36.1 Å². The van der Waals surface area contributed by atoms with Crippen LogP contribution in [0, 0.1) is 5.82 Å². The van der Waals surface area contributed by atoms with Gasteiger partial charge in [-0.3, -0.25) is 9.59 Å². The van der Waals surface area contributed by atoms with Crippen LogP contribution < -0.4 is 5.32 Å². The van der Waals surface area contributed by atoms with Gasteiger partial charge in [0.15, 0.2) is 0 Å². The molecule has 0 radical (unpaired) electrons. The summed E-state index contributed by atoms with van der Waals surface area (Å²) >= 11 is 0. The van der Waals surface area contributed by atoms with Crippen molar-refractivity contribution in [2.75, 3.05) is 6.54 Å².